The number of urea groups is 1. The van der Waals surface area contributed by atoms with Crippen LogP contribution in [0.5, 0.6) is 0 Å². The number of benzene rings is 1. The second-order valence-electron chi connectivity index (χ2n) is 6.31. The monoisotopic (exact) mass is 328 g/mol. The van der Waals surface area contributed by atoms with Gasteiger partial charge in [0.25, 0.3) is 5.91 Å². The van der Waals surface area contributed by atoms with Crippen LogP contribution in [-0.4, -0.2) is 54.8 Å². The summed E-state index contributed by atoms with van der Waals surface area (Å²) < 4.78 is 0. The van der Waals surface area contributed by atoms with Crippen LogP contribution in [0.4, 0.5) is 10.5 Å². The highest BCUT2D eigenvalue weighted by Crippen LogP contribution is 2.28. The molecule has 0 unspecified atom stereocenters. The number of nitrogens with zero attached hydrogens (tertiary/aromatic N) is 2. The van der Waals surface area contributed by atoms with Crippen LogP contribution >= 0.6 is 0 Å². The van der Waals surface area contributed by atoms with Crippen LogP contribution < -0.4 is 15.5 Å². The molecule has 3 fully saturated rings. The third kappa shape index (κ3) is 2.31. The van der Waals surface area contributed by atoms with E-state index >= 15 is 0 Å². The Balaban J connectivity index is 1.47. The van der Waals surface area contributed by atoms with Gasteiger partial charge in [-0.05, 0) is 24.3 Å². The summed E-state index contributed by atoms with van der Waals surface area (Å²) in [5.41, 5.74) is 1.07. The first kappa shape index (κ1) is 14.7. The second-order valence-corrected chi connectivity index (χ2v) is 6.31. The summed E-state index contributed by atoms with van der Waals surface area (Å²) in [7, 11) is 0. The van der Waals surface area contributed by atoms with E-state index in [0.29, 0.717) is 30.9 Å². The Bertz CT molecular complexity index is 745. The average Bonchev–Trinajstić information content (AvgIpc) is 3.23. The lowest BCUT2D eigenvalue weighted by Gasteiger charge is -2.18. The zero-order valence-corrected chi connectivity index (χ0v) is 12.8. The lowest BCUT2D eigenvalue weighted by Crippen LogP contribution is -2.33. The molecule has 3 aliphatic rings. The van der Waals surface area contributed by atoms with E-state index in [0.717, 1.165) is 0 Å². The Labute approximate surface area is 137 Å². The Kier molecular flexibility index (Phi) is 3.26. The first-order valence-corrected chi connectivity index (χ1v) is 7.81. The van der Waals surface area contributed by atoms with E-state index in [2.05, 4.69) is 10.6 Å². The minimum atomic E-state index is -0.461. The lowest BCUT2D eigenvalue weighted by molar-refractivity contribution is -0.122. The van der Waals surface area contributed by atoms with E-state index < -0.39 is 6.03 Å². The minimum absolute atomic E-state index is 0.0171. The maximum Gasteiger partial charge on any atom is 0.329 e. The number of amides is 5. The minimum Gasteiger partial charge on any atom is -0.355 e. The molecule has 2 N–H and O–H groups in total. The van der Waals surface area contributed by atoms with Crippen LogP contribution in [0.3, 0.4) is 0 Å². The predicted molar refractivity (Wildman–Crippen MR) is 83.2 cm³/mol. The first-order valence-electron chi connectivity index (χ1n) is 7.81. The molecule has 0 aliphatic carbocycles. The Morgan fingerprint density at radius 1 is 1.08 bits per heavy atom. The van der Waals surface area contributed by atoms with Crippen LogP contribution in [0, 0.1) is 11.8 Å². The fourth-order valence-electron chi connectivity index (χ4n) is 3.52. The smallest absolute Gasteiger partial charge is 0.329 e. The van der Waals surface area contributed by atoms with Gasteiger partial charge in [0.2, 0.25) is 11.8 Å². The van der Waals surface area contributed by atoms with Gasteiger partial charge in [-0.25, -0.2) is 4.79 Å². The van der Waals surface area contributed by atoms with Crippen molar-refractivity contribution in [1.29, 1.82) is 0 Å². The molecule has 8 heteroatoms. The zero-order chi connectivity index (χ0) is 16.8. The quantitative estimate of drug-likeness (QED) is 0.719. The van der Waals surface area contributed by atoms with Gasteiger partial charge in [0.05, 0.1) is 5.92 Å². The number of hydrogen-bond donors (Lipinski definition) is 2. The molecule has 24 heavy (non-hydrogen) atoms. The molecule has 3 aliphatic heterocycles. The molecule has 0 aromatic heterocycles. The first-order chi connectivity index (χ1) is 11.5. The van der Waals surface area contributed by atoms with Crippen molar-refractivity contribution in [2.24, 2.45) is 11.8 Å². The molecular weight excluding hydrogens is 312 g/mol. The molecule has 0 spiro atoms. The molecule has 0 bridgehead atoms. The lowest BCUT2D eigenvalue weighted by atomic mass is 10.0. The van der Waals surface area contributed by atoms with Gasteiger partial charge in [0, 0.05) is 36.8 Å². The molecule has 0 radical (unpaired) electrons. The summed E-state index contributed by atoms with van der Waals surface area (Å²) in [6, 6.07) is 6.12. The van der Waals surface area contributed by atoms with E-state index in [1.165, 1.54) is 4.90 Å². The van der Waals surface area contributed by atoms with E-state index in [1.807, 2.05) is 0 Å². The van der Waals surface area contributed by atoms with Gasteiger partial charge in [-0.15, -0.1) is 0 Å². The number of carbonyl (C=O) groups is 4. The van der Waals surface area contributed by atoms with Gasteiger partial charge in [-0.3, -0.25) is 24.6 Å². The van der Waals surface area contributed by atoms with Crippen molar-refractivity contribution in [3.05, 3.63) is 29.8 Å². The molecule has 2 atom stereocenters. The summed E-state index contributed by atoms with van der Waals surface area (Å²) in [4.78, 5) is 50.2. The normalized spacial score (nSPS) is 25.8. The van der Waals surface area contributed by atoms with Gasteiger partial charge in [0.15, 0.2) is 0 Å². The number of nitrogens with one attached hydrogen (secondary N) is 2. The molecule has 1 aromatic carbocycles. The largest absolute Gasteiger partial charge is 0.355 e. The third-order valence-electron chi connectivity index (χ3n) is 4.82. The van der Waals surface area contributed by atoms with Crippen molar-refractivity contribution in [3.63, 3.8) is 0 Å². The van der Waals surface area contributed by atoms with Gasteiger partial charge in [-0.2, -0.15) is 0 Å². The highest BCUT2D eigenvalue weighted by molar-refractivity contribution is 6.12. The van der Waals surface area contributed by atoms with E-state index in [1.54, 1.807) is 29.2 Å². The fraction of sp³-hybridized carbons (Fsp3) is 0.375. The summed E-state index contributed by atoms with van der Waals surface area (Å²) in [5, 5.41) is 5.03. The van der Waals surface area contributed by atoms with Gasteiger partial charge in [0.1, 0.15) is 6.54 Å². The highest BCUT2D eigenvalue weighted by Gasteiger charge is 2.43. The Hall–Kier alpha value is -2.90. The zero-order valence-electron chi connectivity index (χ0n) is 12.8. The molecule has 4 rings (SSSR count). The molecule has 0 saturated carbocycles. The number of fused-ring (bicyclic) bond motifs is 1. The number of anilines is 1. The second kappa shape index (κ2) is 5.33. The summed E-state index contributed by atoms with van der Waals surface area (Å²) in [6.07, 6.45) is 0. The maximum atomic E-state index is 12.6. The third-order valence-corrected chi connectivity index (χ3v) is 4.82. The van der Waals surface area contributed by atoms with Gasteiger partial charge >= 0.3 is 6.03 Å². The molecule has 5 amide bonds. The highest BCUT2D eigenvalue weighted by atomic mass is 16.2. The number of likely N-dealkylation sites (tertiary alicyclic amines) is 1. The van der Waals surface area contributed by atoms with Crippen molar-refractivity contribution >= 4 is 29.4 Å². The number of imide groups is 1. The molecule has 8 nitrogen and oxygen atoms in total. The topological polar surface area (TPSA) is 98.8 Å². The standard InChI is InChI=1S/C16H16N4O4/c21-13-8-20(16(24)18-13)11-3-1-9(2-4-11)15(23)19-6-10-5-17-14(22)12(10)7-19/h1-4,10,12H,5-8H2,(H,17,22)(H,18,21,24)/t10-,12+/m0/s1. The summed E-state index contributed by atoms with van der Waals surface area (Å²) >= 11 is 0. The molecule has 3 saturated heterocycles. The fourth-order valence-corrected chi connectivity index (χ4v) is 3.52. The Morgan fingerprint density at radius 2 is 1.83 bits per heavy atom. The molecular formula is C16H16N4O4. The van der Waals surface area contributed by atoms with E-state index in [9.17, 15) is 19.2 Å². The summed E-state index contributed by atoms with van der Waals surface area (Å²) in [5.74, 6) is -0.351. The Morgan fingerprint density at radius 3 is 2.46 bits per heavy atom. The van der Waals surface area contributed by atoms with Crippen molar-refractivity contribution in [2.75, 3.05) is 31.1 Å². The van der Waals surface area contributed by atoms with Crippen molar-refractivity contribution in [3.8, 4) is 0 Å². The van der Waals surface area contributed by atoms with E-state index in [-0.39, 0.29) is 36.1 Å². The van der Waals surface area contributed by atoms with Gasteiger partial charge < -0.3 is 10.2 Å². The van der Waals surface area contributed by atoms with Crippen molar-refractivity contribution in [2.45, 2.75) is 0 Å². The maximum absolute atomic E-state index is 12.6. The van der Waals surface area contributed by atoms with Crippen LogP contribution in [0.15, 0.2) is 24.3 Å². The van der Waals surface area contributed by atoms with Gasteiger partial charge in [-0.1, -0.05) is 0 Å². The van der Waals surface area contributed by atoms with Crippen molar-refractivity contribution < 1.29 is 19.2 Å². The predicted octanol–water partition coefficient (Wildman–Crippen LogP) is -0.439. The number of hydrogen-bond acceptors (Lipinski definition) is 4. The molecule has 3 heterocycles. The van der Waals surface area contributed by atoms with Crippen LogP contribution in [-0.2, 0) is 9.59 Å². The van der Waals surface area contributed by atoms with E-state index in [4.69, 9.17) is 0 Å². The molecule has 1 aromatic rings. The van der Waals surface area contributed by atoms with Crippen LogP contribution in [0.2, 0.25) is 0 Å². The van der Waals surface area contributed by atoms with Crippen LogP contribution in [0.1, 0.15) is 10.4 Å². The SMILES string of the molecule is O=C1CN(c2ccc(C(=O)N3C[C@@H]4CNC(=O)[C@@H]4C3)cc2)C(=O)N1. The van der Waals surface area contributed by atoms with Crippen molar-refractivity contribution in [1.82, 2.24) is 15.5 Å². The summed E-state index contributed by atoms with van der Waals surface area (Å²) in [6.45, 7) is 1.63. The number of rotatable bonds is 2. The average molecular weight is 328 g/mol. The number of carbonyl (C=O) groups excluding carboxylic acids is 4. The molecule has 124 valence electrons. The van der Waals surface area contributed by atoms with Crippen LogP contribution in [0.25, 0.3) is 0 Å².